The van der Waals surface area contributed by atoms with Gasteiger partial charge in [0.05, 0.1) is 30.7 Å². The van der Waals surface area contributed by atoms with Crippen LogP contribution in [0.25, 0.3) is 0 Å². The molecule has 0 radical (unpaired) electrons. The van der Waals surface area contributed by atoms with Gasteiger partial charge >= 0.3 is 5.97 Å². The second-order valence-electron chi connectivity index (χ2n) is 4.65. The summed E-state index contributed by atoms with van der Waals surface area (Å²) in [5.74, 6) is 0.621. The third kappa shape index (κ3) is 3.14. The van der Waals surface area contributed by atoms with Crippen molar-refractivity contribution < 1.29 is 14.3 Å². The standard InChI is InChI=1S/C13H19N3O3/c1-8-9(3-4-19-8)6-15-12-5-10(13(17)18-2)11(14)7-16-12/h5,7-9H,3-4,6,14H2,1-2H3,(H,15,16). The first-order valence-electron chi connectivity index (χ1n) is 6.31. The van der Waals surface area contributed by atoms with Gasteiger partial charge in [0, 0.05) is 19.1 Å². The number of rotatable bonds is 4. The molecule has 1 aliphatic rings. The molecule has 0 aromatic carbocycles. The number of nitrogens with one attached hydrogen (secondary N) is 1. The summed E-state index contributed by atoms with van der Waals surface area (Å²) in [4.78, 5) is 15.7. The number of methoxy groups -OCH3 is 1. The maximum Gasteiger partial charge on any atom is 0.340 e. The molecule has 2 rings (SSSR count). The lowest BCUT2D eigenvalue weighted by atomic mass is 10.0. The van der Waals surface area contributed by atoms with Crippen molar-refractivity contribution in [2.45, 2.75) is 19.4 Å². The largest absolute Gasteiger partial charge is 0.465 e. The van der Waals surface area contributed by atoms with Crippen LogP contribution in [0.3, 0.4) is 0 Å². The molecule has 19 heavy (non-hydrogen) atoms. The predicted octanol–water partition coefficient (Wildman–Crippen LogP) is 1.29. The zero-order chi connectivity index (χ0) is 13.8. The van der Waals surface area contributed by atoms with Gasteiger partial charge in [0.15, 0.2) is 0 Å². The minimum absolute atomic E-state index is 0.251. The van der Waals surface area contributed by atoms with E-state index in [9.17, 15) is 4.79 Å². The Kier molecular flexibility index (Phi) is 4.21. The van der Waals surface area contributed by atoms with Gasteiger partial charge in [-0.15, -0.1) is 0 Å². The summed E-state index contributed by atoms with van der Waals surface area (Å²) in [5, 5.41) is 3.21. The average Bonchev–Trinajstić information content (AvgIpc) is 2.82. The molecule has 104 valence electrons. The van der Waals surface area contributed by atoms with E-state index < -0.39 is 5.97 Å². The number of pyridine rings is 1. The van der Waals surface area contributed by atoms with Gasteiger partial charge in [-0.1, -0.05) is 0 Å². The number of carbonyl (C=O) groups excluding carboxylic acids is 1. The van der Waals surface area contributed by atoms with Crippen LogP contribution in [0, 0.1) is 5.92 Å². The molecule has 2 heterocycles. The molecule has 0 saturated carbocycles. The third-order valence-corrected chi connectivity index (χ3v) is 3.42. The number of carbonyl (C=O) groups is 1. The molecule has 2 atom stereocenters. The van der Waals surface area contributed by atoms with Crippen molar-refractivity contribution in [3.63, 3.8) is 0 Å². The Labute approximate surface area is 112 Å². The van der Waals surface area contributed by atoms with E-state index in [2.05, 4.69) is 22.0 Å². The zero-order valence-corrected chi connectivity index (χ0v) is 11.2. The summed E-state index contributed by atoms with van der Waals surface area (Å²) in [6.45, 7) is 3.63. The monoisotopic (exact) mass is 265 g/mol. The van der Waals surface area contributed by atoms with Crippen LogP contribution >= 0.6 is 0 Å². The zero-order valence-electron chi connectivity index (χ0n) is 11.2. The van der Waals surface area contributed by atoms with E-state index in [1.165, 1.54) is 13.3 Å². The fourth-order valence-electron chi connectivity index (χ4n) is 2.13. The second kappa shape index (κ2) is 5.88. The summed E-state index contributed by atoms with van der Waals surface area (Å²) in [7, 11) is 1.33. The van der Waals surface area contributed by atoms with Crippen LogP contribution in [0.15, 0.2) is 12.3 Å². The summed E-state index contributed by atoms with van der Waals surface area (Å²) >= 11 is 0. The van der Waals surface area contributed by atoms with E-state index >= 15 is 0 Å². The Morgan fingerprint density at radius 2 is 2.47 bits per heavy atom. The van der Waals surface area contributed by atoms with Gasteiger partial charge in [-0.05, 0) is 19.4 Å². The number of hydrogen-bond donors (Lipinski definition) is 2. The maximum absolute atomic E-state index is 11.5. The highest BCUT2D eigenvalue weighted by atomic mass is 16.5. The molecular formula is C13H19N3O3. The molecule has 0 bridgehead atoms. The molecule has 1 aliphatic heterocycles. The highest BCUT2D eigenvalue weighted by molar-refractivity contribution is 5.95. The average molecular weight is 265 g/mol. The Balaban J connectivity index is 2.02. The Hall–Kier alpha value is -1.82. The van der Waals surface area contributed by atoms with Crippen LogP contribution in [-0.2, 0) is 9.47 Å². The number of anilines is 2. The predicted molar refractivity (Wildman–Crippen MR) is 72.0 cm³/mol. The molecule has 6 heteroatoms. The van der Waals surface area contributed by atoms with Crippen LogP contribution in [0.5, 0.6) is 0 Å². The number of esters is 1. The lowest BCUT2D eigenvalue weighted by Crippen LogP contribution is -2.21. The number of nitrogens with two attached hydrogens (primary N) is 1. The van der Waals surface area contributed by atoms with E-state index in [0.717, 1.165) is 19.6 Å². The normalized spacial score (nSPS) is 22.2. The van der Waals surface area contributed by atoms with Crippen LogP contribution in [-0.4, -0.2) is 37.3 Å². The quantitative estimate of drug-likeness (QED) is 0.798. The van der Waals surface area contributed by atoms with Gasteiger partial charge in [-0.25, -0.2) is 9.78 Å². The molecule has 1 aromatic heterocycles. The molecule has 0 spiro atoms. The Morgan fingerprint density at radius 1 is 1.68 bits per heavy atom. The second-order valence-corrected chi connectivity index (χ2v) is 4.65. The number of ether oxygens (including phenoxy) is 2. The highest BCUT2D eigenvalue weighted by Gasteiger charge is 2.24. The van der Waals surface area contributed by atoms with Crippen LogP contribution in [0.2, 0.25) is 0 Å². The molecule has 6 nitrogen and oxygen atoms in total. The maximum atomic E-state index is 11.5. The number of hydrogen-bond acceptors (Lipinski definition) is 6. The smallest absolute Gasteiger partial charge is 0.340 e. The van der Waals surface area contributed by atoms with E-state index in [1.54, 1.807) is 6.07 Å². The molecule has 2 unspecified atom stereocenters. The van der Waals surface area contributed by atoms with Crippen molar-refractivity contribution in [3.8, 4) is 0 Å². The minimum Gasteiger partial charge on any atom is -0.465 e. The lowest BCUT2D eigenvalue weighted by Gasteiger charge is -2.15. The molecule has 0 amide bonds. The first kappa shape index (κ1) is 13.6. The van der Waals surface area contributed by atoms with Gasteiger partial charge in [-0.3, -0.25) is 0 Å². The van der Waals surface area contributed by atoms with Gasteiger partial charge in [0.1, 0.15) is 5.82 Å². The SMILES string of the molecule is COC(=O)c1cc(NCC2CCOC2C)ncc1N. The highest BCUT2D eigenvalue weighted by Crippen LogP contribution is 2.21. The summed E-state index contributed by atoms with van der Waals surface area (Å²) in [6.07, 6.45) is 2.75. The minimum atomic E-state index is -0.458. The fourth-order valence-corrected chi connectivity index (χ4v) is 2.13. The lowest BCUT2D eigenvalue weighted by molar-refractivity contribution is 0.0602. The molecule has 1 saturated heterocycles. The van der Waals surface area contributed by atoms with Crippen molar-refractivity contribution >= 4 is 17.5 Å². The first-order valence-corrected chi connectivity index (χ1v) is 6.31. The molecular weight excluding hydrogens is 246 g/mol. The van der Waals surface area contributed by atoms with Crippen molar-refractivity contribution in [2.24, 2.45) is 5.92 Å². The van der Waals surface area contributed by atoms with Crippen molar-refractivity contribution in [2.75, 3.05) is 31.3 Å². The topological polar surface area (TPSA) is 86.5 Å². The Morgan fingerprint density at radius 3 is 3.11 bits per heavy atom. The van der Waals surface area contributed by atoms with Crippen LogP contribution in [0.4, 0.5) is 11.5 Å². The number of nitrogen functional groups attached to an aromatic ring is 1. The van der Waals surface area contributed by atoms with Crippen molar-refractivity contribution in [1.29, 1.82) is 0 Å². The van der Waals surface area contributed by atoms with Gasteiger partial charge in [-0.2, -0.15) is 0 Å². The number of nitrogens with zero attached hydrogens (tertiary/aromatic N) is 1. The third-order valence-electron chi connectivity index (χ3n) is 3.42. The van der Waals surface area contributed by atoms with Crippen molar-refractivity contribution in [1.82, 2.24) is 4.98 Å². The van der Waals surface area contributed by atoms with E-state index in [4.69, 9.17) is 10.5 Å². The first-order chi connectivity index (χ1) is 9.11. The van der Waals surface area contributed by atoms with Crippen LogP contribution < -0.4 is 11.1 Å². The Bertz CT molecular complexity index is 464. The summed E-state index contributed by atoms with van der Waals surface area (Å²) in [6, 6.07) is 1.61. The number of aromatic nitrogens is 1. The van der Waals surface area contributed by atoms with Gasteiger partial charge in [0.2, 0.25) is 0 Å². The van der Waals surface area contributed by atoms with E-state index in [1.807, 2.05) is 0 Å². The van der Waals surface area contributed by atoms with E-state index in [0.29, 0.717) is 23.0 Å². The molecule has 1 fully saturated rings. The molecule has 0 aliphatic carbocycles. The van der Waals surface area contributed by atoms with Gasteiger partial charge < -0.3 is 20.5 Å². The molecule has 3 N–H and O–H groups in total. The van der Waals surface area contributed by atoms with Crippen molar-refractivity contribution in [3.05, 3.63) is 17.8 Å². The molecule has 1 aromatic rings. The fraction of sp³-hybridized carbons (Fsp3) is 0.538. The van der Waals surface area contributed by atoms with E-state index in [-0.39, 0.29) is 6.10 Å². The summed E-state index contributed by atoms with van der Waals surface area (Å²) in [5.41, 5.74) is 6.34. The van der Waals surface area contributed by atoms with Crippen LogP contribution in [0.1, 0.15) is 23.7 Å². The van der Waals surface area contributed by atoms with Gasteiger partial charge in [0.25, 0.3) is 0 Å². The summed E-state index contributed by atoms with van der Waals surface area (Å²) < 4.78 is 10.2.